The molecule has 224 valence electrons. The molecule has 2 aliphatic rings. The van der Waals surface area contributed by atoms with Gasteiger partial charge in [-0.2, -0.15) is 0 Å². The van der Waals surface area contributed by atoms with E-state index in [0.29, 0.717) is 23.5 Å². The molecule has 0 heterocycles. The molecular weight excluding hydrogens is 525 g/mol. The summed E-state index contributed by atoms with van der Waals surface area (Å²) in [6.07, 6.45) is 19.5. The van der Waals surface area contributed by atoms with Crippen LogP contribution in [-0.2, 0) is 6.42 Å². The maximum absolute atomic E-state index is 15.4. The van der Waals surface area contributed by atoms with E-state index in [1.807, 2.05) is 31.2 Å². The van der Waals surface area contributed by atoms with Gasteiger partial charge in [0.05, 0.1) is 0 Å². The summed E-state index contributed by atoms with van der Waals surface area (Å²) in [6, 6.07) is 16.3. The maximum Gasteiger partial charge on any atom is 0.166 e. The van der Waals surface area contributed by atoms with Crippen molar-refractivity contribution in [2.45, 2.75) is 103 Å². The van der Waals surface area contributed by atoms with Crippen molar-refractivity contribution in [2.24, 2.45) is 17.8 Å². The largest absolute Gasteiger partial charge is 0.207 e. The van der Waals surface area contributed by atoms with Crippen LogP contribution >= 0.6 is 0 Å². The standard InChI is InChI=1S/C39H47F3/c1-3-5-7-8-27-10-12-28(13-11-27)29-14-18-31(19-15-29)35-24-23-34(26-37(35)40)30-16-20-32(21-17-30)36-25-22-33(9-6-4-2)38(41)39(36)42/h3,5,16-17,20-29,31H,4,6-15,18-19H2,1-2H3. The second-order valence-electron chi connectivity index (χ2n) is 12.9. The van der Waals surface area contributed by atoms with Gasteiger partial charge in [-0.15, -0.1) is 0 Å². The van der Waals surface area contributed by atoms with Crippen LogP contribution in [0.3, 0.4) is 0 Å². The Morgan fingerprint density at radius 3 is 2.00 bits per heavy atom. The zero-order chi connectivity index (χ0) is 29.5. The van der Waals surface area contributed by atoms with Crippen LogP contribution in [0, 0.1) is 35.2 Å². The van der Waals surface area contributed by atoms with Gasteiger partial charge in [0.1, 0.15) is 5.82 Å². The van der Waals surface area contributed by atoms with E-state index in [-0.39, 0.29) is 11.4 Å². The Bertz CT molecular complexity index is 1320. The maximum atomic E-state index is 15.4. The third-order valence-corrected chi connectivity index (χ3v) is 10.2. The fraction of sp³-hybridized carbons (Fsp3) is 0.487. The Labute approximate surface area is 251 Å². The Morgan fingerprint density at radius 2 is 1.36 bits per heavy atom. The monoisotopic (exact) mass is 572 g/mol. The van der Waals surface area contributed by atoms with E-state index in [1.165, 1.54) is 51.4 Å². The van der Waals surface area contributed by atoms with Gasteiger partial charge < -0.3 is 0 Å². The van der Waals surface area contributed by atoms with E-state index in [9.17, 15) is 8.78 Å². The third kappa shape index (κ3) is 7.21. The fourth-order valence-corrected chi connectivity index (χ4v) is 7.60. The Balaban J connectivity index is 1.17. The minimum Gasteiger partial charge on any atom is -0.207 e. The van der Waals surface area contributed by atoms with Gasteiger partial charge in [-0.3, -0.25) is 0 Å². The molecule has 2 aliphatic carbocycles. The van der Waals surface area contributed by atoms with E-state index in [2.05, 4.69) is 19.1 Å². The topological polar surface area (TPSA) is 0 Å². The van der Waals surface area contributed by atoms with Crippen LogP contribution in [0.1, 0.15) is 108 Å². The summed E-state index contributed by atoms with van der Waals surface area (Å²) in [6.45, 7) is 4.14. The molecule has 2 saturated carbocycles. The van der Waals surface area contributed by atoms with E-state index in [1.54, 1.807) is 30.3 Å². The molecule has 3 aromatic carbocycles. The second kappa shape index (κ2) is 14.6. The number of allylic oxidation sites excluding steroid dienone is 2. The normalized spacial score (nSPS) is 23.0. The quantitative estimate of drug-likeness (QED) is 0.212. The lowest BCUT2D eigenvalue weighted by atomic mass is 9.68. The molecule has 0 amide bonds. The predicted molar refractivity (Wildman–Crippen MR) is 170 cm³/mol. The van der Waals surface area contributed by atoms with E-state index in [4.69, 9.17) is 0 Å². The van der Waals surface area contributed by atoms with Gasteiger partial charge >= 0.3 is 0 Å². The molecule has 0 aromatic heterocycles. The molecule has 0 nitrogen and oxygen atoms in total. The van der Waals surface area contributed by atoms with Crippen LogP contribution < -0.4 is 0 Å². The van der Waals surface area contributed by atoms with E-state index < -0.39 is 11.6 Å². The summed E-state index contributed by atoms with van der Waals surface area (Å²) in [5.74, 6) is 1.20. The lowest BCUT2D eigenvalue weighted by Gasteiger charge is -2.38. The number of hydrogen-bond donors (Lipinski definition) is 0. The molecule has 0 bridgehead atoms. The van der Waals surface area contributed by atoms with Gasteiger partial charge in [0.2, 0.25) is 0 Å². The number of aryl methyl sites for hydroxylation is 1. The van der Waals surface area contributed by atoms with Gasteiger partial charge in [0, 0.05) is 5.56 Å². The minimum atomic E-state index is -0.797. The Kier molecular flexibility index (Phi) is 10.6. The summed E-state index contributed by atoms with van der Waals surface area (Å²) in [4.78, 5) is 0. The minimum absolute atomic E-state index is 0.127. The molecule has 0 saturated heterocycles. The van der Waals surface area contributed by atoms with Crippen LogP contribution in [0.4, 0.5) is 13.2 Å². The van der Waals surface area contributed by atoms with Crippen LogP contribution in [0.25, 0.3) is 22.3 Å². The zero-order valence-electron chi connectivity index (χ0n) is 25.5. The molecule has 0 radical (unpaired) electrons. The summed E-state index contributed by atoms with van der Waals surface area (Å²) >= 11 is 0. The number of unbranched alkanes of at least 4 members (excludes halogenated alkanes) is 1. The number of hydrogen-bond acceptors (Lipinski definition) is 0. The summed E-state index contributed by atoms with van der Waals surface area (Å²) in [5.41, 5.74) is 3.83. The van der Waals surface area contributed by atoms with Gasteiger partial charge in [-0.1, -0.05) is 86.9 Å². The highest BCUT2D eigenvalue weighted by molar-refractivity contribution is 5.71. The van der Waals surface area contributed by atoms with Gasteiger partial charge in [-0.05, 0) is 129 Å². The first-order valence-corrected chi connectivity index (χ1v) is 16.5. The van der Waals surface area contributed by atoms with Crippen molar-refractivity contribution in [2.75, 3.05) is 0 Å². The van der Waals surface area contributed by atoms with E-state index >= 15 is 4.39 Å². The summed E-state index contributed by atoms with van der Waals surface area (Å²) in [5, 5.41) is 0. The van der Waals surface area contributed by atoms with Crippen molar-refractivity contribution in [1.82, 2.24) is 0 Å². The van der Waals surface area contributed by atoms with Gasteiger partial charge in [0.25, 0.3) is 0 Å². The first-order valence-electron chi connectivity index (χ1n) is 16.5. The number of halogens is 3. The lowest BCUT2D eigenvalue weighted by Crippen LogP contribution is -2.25. The van der Waals surface area contributed by atoms with Crippen molar-refractivity contribution < 1.29 is 13.2 Å². The summed E-state index contributed by atoms with van der Waals surface area (Å²) < 4.78 is 44.9. The van der Waals surface area contributed by atoms with Crippen molar-refractivity contribution in [3.63, 3.8) is 0 Å². The molecule has 5 rings (SSSR count). The average molecular weight is 573 g/mol. The smallest absolute Gasteiger partial charge is 0.166 e. The first kappa shape index (κ1) is 30.6. The molecule has 3 heteroatoms. The highest BCUT2D eigenvalue weighted by atomic mass is 19.2. The highest BCUT2D eigenvalue weighted by Gasteiger charge is 2.32. The van der Waals surface area contributed by atoms with Crippen molar-refractivity contribution in [1.29, 1.82) is 0 Å². The highest BCUT2D eigenvalue weighted by Crippen LogP contribution is 2.45. The van der Waals surface area contributed by atoms with Crippen molar-refractivity contribution in [3.8, 4) is 22.3 Å². The molecule has 0 spiro atoms. The molecular formula is C39H47F3. The molecule has 0 aliphatic heterocycles. The SMILES string of the molecule is CC=CCCC1CCC(C2CCC(c3ccc(-c4ccc(-c5ccc(CCCC)c(F)c5F)cc4)cc3F)CC2)CC1. The molecule has 2 fully saturated rings. The first-order chi connectivity index (χ1) is 20.5. The molecule has 0 unspecified atom stereocenters. The molecule has 42 heavy (non-hydrogen) atoms. The van der Waals surface area contributed by atoms with Crippen molar-refractivity contribution in [3.05, 3.63) is 95.3 Å². The summed E-state index contributed by atoms with van der Waals surface area (Å²) in [7, 11) is 0. The zero-order valence-corrected chi connectivity index (χ0v) is 25.5. The predicted octanol–water partition coefficient (Wildman–Crippen LogP) is 12.2. The third-order valence-electron chi connectivity index (χ3n) is 10.2. The van der Waals surface area contributed by atoms with Crippen LogP contribution in [-0.4, -0.2) is 0 Å². The van der Waals surface area contributed by atoms with Crippen molar-refractivity contribution >= 4 is 0 Å². The number of rotatable bonds is 10. The van der Waals surface area contributed by atoms with E-state index in [0.717, 1.165) is 60.1 Å². The Hall–Kier alpha value is -2.81. The number of benzene rings is 3. The second-order valence-corrected chi connectivity index (χ2v) is 12.9. The molecule has 3 aromatic rings. The fourth-order valence-electron chi connectivity index (χ4n) is 7.60. The van der Waals surface area contributed by atoms with Gasteiger partial charge in [0.15, 0.2) is 11.6 Å². The van der Waals surface area contributed by atoms with Gasteiger partial charge in [-0.25, -0.2) is 13.2 Å². The lowest BCUT2D eigenvalue weighted by molar-refractivity contribution is 0.156. The van der Waals surface area contributed by atoms with Crippen LogP contribution in [0.2, 0.25) is 0 Å². The molecule has 0 N–H and O–H groups in total. The Morgan fingerprint density at radius 1 is 0.714 bits per heavy atom. The molecule has 0 atom stereocenters. The average Bonchev–Trinajstić information content (AvgIpc) is 3.02. The van der Waals surface area contributed by atoms with Crippen LogP contribution in [0.15, 0.2) is 66.7 Å². The van der Waals surface area contributed by atoms with Crippen LogP contribution in [0.5, 0.6) is 0 Å².